The van der Waals surface area contributed by atoms with Crippen molar-refractivity contribution in [1.82, 2.24) is 5.32 Å². The molecule has 7 heteroatoms. The molecule has 0 radical (unpaired) electrons. The molecule has 0 aliphatic heterocycles. The van der Waals surface area contributed by atoms with Crippen LogP contribution in [0.5, 0.6) is 0 Å². The number of carbonyl (C=O) groups excluding carboxylic acids is 1. The highest BCUT2D eigenvalue weighted by atomic mass is 35.5. The summed E-state index contributed by atoms with van der Waals surface area (Å²) in [6.07, 6.45) is -0.634. The average Bonchev–Trinajstić information content (AvgIpc) is 2.23. The minimum absolute atomic E-state index is 0. The minimum Gasteiger partial charge on any atom is -0.444 e. The Kier molecular flexibility index (Phi) is 6.88. The van der Waals surface area contributed by atoms with Crippen LogP contribution in [0.2, 0.25) is 0 Å². The maximum atomic E-state index is 13.4. The molecule has 0 aliphatic carbocycles. The van der Waals surface area contributed by atoms with E-state index in [0.717, 1.165) is 12.1 Å². The van der Waals surface area contributed by atoms with Crippen LogP contribution in [0.1, 0.15) is 32.4 Å². The van der Waals surface area contributed by atoms with Gasteiger partial charge in [-0.05, 0) is 26.8 Å². The third kappa shape index (κ3) is 6.16. The molecule has 1 aromatic carbocycles. The van der Waals surface area contributed by atoms with Gasteiger partial charge >= 0.3 is 6.09 Å². The van der Waals surface area contributed by atoms with Gasteiger partial charge in [0.25, 0.3) is 0 Å². The summed E-state index contributed by atoms with van der Waals surface area (Å²) in [5.74, 6) is -1.41. The monoisotopic (exact) mass is 308 g/mol. The second-order valence-electron chi connectivity index (χ2n) is 5.16. The van der Waals surface area contributed by atoms with Crippen molar-refractivity contribution in [3.8, 4) is 0 Å². The molecule has 0 heterocycles. The number of rotatable bonds is 3. The molecule has 0 spiro atoms. The standard InChI is InChI=1S/C13H18F2N2O2.ClH/c1-13(2,3)19-12(18)17-7-11(16)9-5-4-8(14)6-10(9)15;/h4-6,11H,7,16H2,1-3H3,(H,17,18);1H. The van der Waals surface area contributed by atoms with Gasteiger partial charge in [0.1, 0.15) is 17.2 Å². The zero-order valence-corrected chi connectivity index (χ0v) is 12.4. The first-order valence-electron chi connectivity index (χ1n) is 5.86. The summed E-state index contributed by atoms with van der Waals surface area (Å²) in [6.45, 7) is 5.18. The lowest BCUT2D eigenvalue weighted by Crippen LogP contribution is -2.36. The molecule has 1 unspecified atom stereocenters. The Balaban J connectivity index is 0.00000361. The van der Waals surface area contributed by atoms with Crippen molar-refractivity contribution in [3.05, 3.63) is 35.4 Å². The van der Waals surface area contributed by atoms with Crippen molar-refractivity contribution in [3.63, 3.8) is 0 Å². The molecule has 0 saturated carbocycles. The van der Waals surface area contributed by atoms with E-state index in [0.29, 0.717) is 0 Å². The van der Waals surface area contributed by atoms with Crippen LogP contribution >= 0.6 is 12.4 Å². The van der Waals surface area contributed by atoms with Gasteiger partial charge < -0.3 is 15.8 Å². The number of alkyl carbamates (subject to hydrolysis) is 1. The predicted molar refractivity (Wildman–Crippen MR) is 74.8 cm³/mol. The molecule has 114 valence electrons. The van der Waals surface area contributed by atoms with E-state index >= 15 is 0 Å². The van der Waals surface area contributed by atoms with Crippen molar-refractivity contribution in [2.45, 2.75) is 32.4 Å². The van der Waals surface area contributed by atoms with Crippen LogP contribution < -0.4 is 11.1 Å². The van der Waals surface area contributed by atoms with Crippen molar-refractivity contribution in [2.75, 3.05) is 6.54 Å². The van der Waals surface area contributed by atoms with E-state index in [-0.39, 0.29) is 24.5 Å². The SMILES string of the molecule is CC(C)(C)OC(=O)NCC(N)c1ccc(F)cc1F.Cl. The van der Waals surface area contributed by atoms with Gasteiger partial charge in [0.05, 0.1) is 6.04 Å². The summed E-state index contributed by atoms with van der Waals surface area (Å²) in [7, 11) is 0. The number of hydrogen-bond donors (Lipinski definition) is 2. The number of halogens is 3. The molecule has 1 aromatic rings. The molecule has 0 aliphatic rings. The van der Waals surface area contributed by atoms with Gasteiger partial charge in [-0.15, -0.1) is 12.4 Å². The summed E-state index contributed by atoms with van der Waals surface area (Å²) >= 11 is 0. The van der Waals surface area contributed by atoms with Crippen LogP contribution in [0.3, 0.4) is 0 Å². The third-order valence-corrected chi connectivity index (χ3v) is 2.23. The highest BCUT2D eigenvalue weighted by Gasteiger charge is 2.18. The van der Waals surface area contributed by atoms with Gasteiger partial charge in [0, 0.05) is 18.2 Å². The average molecular weight is 309 g/mol. The molecule has 20 heavy (non-hydrogen) atoms. The van der Waals surface area contributed by atoms with Crippen molar-refractivity contribution in [1.29, 1.82) is 0 Å². The second kappa shape index (κ2) is 7.40. The maximum absolute atomic E-state index is 13.4. The largest absolute Gasteiger partial charge is 0.444 e. The number of nitrogens with two attached hydrogens (primary N) is 1. The maximum Gasteiger partial charge on any atom is 0.407 e. The Morgan fingerprint density at radius 2 is 2.00 bits per heavy atom. The quantitative estimate of drug-likeness (QED) is 0.902. The molecular weight excluding hydrogens is 290 g/mol. The minimum atomic E-state index is -0.770. The third-order valence-electron chi connectivity index (χ3n) is 2.23. The Morgan fingerprint density at radius 3 is 2.50 bits per heavy atom. The molecule has 1 atom stereocenters. The number of nitrogens with one attached hydrogen (secondary N) is 1. The summed E-state index contributed by atoms with van der Waals surface area (Å²) in [6, 6.07) is 2.36. The van der Waals surface area contributed by atoms with Gasteiger partial charge in [-0.25, -0.2) is 13.6 Å². The molecule has 1 rings (SSSR count). The lowest BCUT2D eigenvalue weighted by Gasteiger charge is -2.21. The molecule has 0 fully saturated rings. The normalized spacial score (nSPS) is 12.3. The summed E-state index contributed by atoms with van der Waals surface area (Å²) in [5.41, 5.74) is 5.25. The van der Waals surface area contributed by atoms with Gasteiger partial charge in [0.2, 0.25) is 0 Å². The number of ether oxygens (including phenoxy) is 1. The molecule has 4 nitrogen and oxygen atoms in total. The first-order chi connectivity index (χ1) is 8.69. The van der Waals surface area contributed by atoms with Crippen LogP contribution in [0.4, 0.5) is 13.6 Å². The second-order valence-corrected chi connectivity index (χ2v) is 5.16. The van der Waals surface area contributed by atoms with Crippen LogP contribution in [-0.4, -0.2) is 18.2 Å². The lowest BCUT2D eigenvalue weighted by atomic mass is 10.1. The fourth-order valence-corrected chi connectivity index (χ4v) is 1.42. The van der Waals surface area contributed by atoms with Gasteiger partial charge in [-0.3, -0.25) is 0 Å². The molecular formula is C13H19ClF2N2O2. The summed E-state index contributed by atoms with van der Waals surface area (Å²) < 4.78 is 31.2. The highest BCUT2D eigenvalue weighted by Crippen LogP contribution is 2.16. The van der Waals surface area contributed by atoms with E-state index in [1.54, 1.807) is 20.8 Å². The number of carbonyl (C=O) groups is 1. The summed E-state index contributed by atoms with van der Waals surface area (Å²) in [4.78, 5) is 11.4. The van der Waals surface area contributed by atoms with Gasteiger partial charge in [0.15, 0.2) is 0 Å². The van der Waals surface area contributed by atoms with Crippen molar-refractivity contribution < 1.29 is 18.3 Å². The van der Waals surface area contributed by atoms with Crippen LogP contribution in [-0.2, 0) is 4.74 Å². The fraction of sp³-hybridized carbons (Fsp3) is 0.462. The van der Waals surface area contributed by atoms with E-state index < -0.39 is 29.4 Å². The first kappa shape index (κ1) is 18.6. The lowest BCUT2D eigenvalue weighted by molar-refractivity contribution is 0.0524. The van der Waals surface area contributed by atoms with E-state index in [4.69, 9.17) is 10.5 Å². The van der Waals surface area contributed by atoms with E-state index in [9.17, 15) is 13.6 Å². The smallest absolute Gasteiger partial charge is 0.407 e. The topological polar surface area (TPSA) is 64.3 Å². The number of hydrogen-bond acceptors (Lipinski definition) is 3. The van der Waals surface area contributed by atoms with E-state index in [1.807, 2.05) is 0 Å². The summed E-state index contributed by atoms with van der Waals surface area (Å²) in [5, 5.41) is 2.43. The molecule has 1 amide bonds. The molecule has 0 saturated heterocycles. The van der Waals surface area contributed by atoms with Gasteiger partial charge in [-0.1, -0.05) is 6.07 Å². The fourth-order valence-electron chi connectivity index (χ4n) is 1.42. The van der Waals surface area contributed by atoms with E-state index in [2.05, 4.69) is 5.32 Å². The predicted octanol–water partition coefficient (Wildman–Crippen LogP) is 2.91. The van der Waals surface area contributed by atoms with Crippen molar-refractivity contribution >= 4 is 18.5 Å². The van der Waals surface area contributed by atoms with Crippen LogP contribution in [0.15, 0.2) is 18.2 Å². The van der Waals surface area contributed by atoms with Crippen LogP contribution in [0, 0.1) is 11.6 Å². The Bertz CT molecular complexity index is 464. The zero-order chi connectivity index (χ0) is 14.6. The first-order valence-corrected chi connectivity index (χ1v) is 5.86. The molecule has 3 N–H and O–H groups in total. The Hall–Kier alpha value is -1.40. The molecule has 0 bridgehead atoms. The Labute approximate surface area is 123 Å². The Morgan fingerprint density at radius 1 is 1.40 bits per heavy atom. The van der Waals surface area contributed by atoms with Crippen LogP contribution in [0.25, 0.3) is 0 Å². The number of amides is 1. The van der Waals surface area contributed by atoms with Gasteiger partial charge in [-0.2, -0.15) is 0 Å². The zero-order valence-electron chi connectivity index (χ0n) is 11.6. The van der Waals surface area contributed by atoms with Crippen molar-refractivity contribution in [2.24, 2.45) is 5.73 Å². The number of benzene rings is 1. The highest BCUT2D eigenvalue weighted by molar-refractivity contribution is 5.85. The van der Waals surface area contributed by atoms with E-state index in [1.165, 1.54) is 6.07 Å². The molecule has 0 aromatic heterocycles.